The third kappa shape index (κ3) is 18.9. The summed E-state index contributed by atoms with van der Waals surface area (Å²) in [6.45, 7) is 8.03. The molecule has 0 atom stereocenters. The summed E-state index contributed by atoms with van der Waals surface area (Å²) in [7, 11) is 0. The minimum absolute atomic E-state index is 0.825. The van der Waals surface area contributed by atoms with Crippen LogP contribution in [0.1, 0.15) is 163 Å². The first kappa shape index (κ1) is 44.2. The Bertz CT molecular complexity index is 1380. The predicted octanol–water partition coefficient (Wildman–Crippen LogP) is 16.3. The van der Waals surface area contributed by atoms with E-state index in [4.69, 9.17) is 9.47 Å². The zero-order valence-electron chi connectivity index (χ0n) is 34.1. The second-order valence-electron chi connectivity index (χ2n) is 15.2. The van der Waals surface area contributed by atoms with Crippen molar-refractivity contribution in [3.63, 3.8) is 0 Å². The number of hydrogen-bond acceptors (Lipinski definition) is 4. The molecule has 4 heteroatoms. The van der Waals surface area contributed by atoms with Crippen LogP contribution in [0.5, 0.6) is 0 Å². The van der Waals surface area contributed by atoms with E-state index >= 15 is 0 Å². The molecular weight excluding hydrogens is 697 g/mol. The van der Waals surface area contributed by atoms with Gasteiger partial charge in [0.05, 0.1) is 13.2 Å². The topological polar surface area (TPSA) is 18.5 Å². The molecular formula is C50H72O2S2. The smallest absolute Gasteiger partial charge is 0.0514 e. The number of thiophene rings is 2. The first-order chi connectivity index (χ1) is 26.7. The Labute approximate surface area is 338 Å². The van der Waals surface area contributed by atoms with E-state index in [9.17, 15) is 0 Å². The van der Waals surface area contributed by atoms with Gasteiger partial charge in [-0.05, 0) is 59.4 Å². The highest BCUT2D eigenvalue weighted by molar-refractivity contribution is 7.15. The van der Waals surface area contributed by atoms with Crippen LogP contribution in [0.2, 0.25) is 0 Å². The molecule has 0 saturated heterocycles. The van der Waals surface area contributed by atoms with Crippen LogP contribution in [0.15, 0.2) is 72.8 Å². The molecule has 2 aromatic carbocycles. The molecule has 0 aliphatic carbocycles. The van der Waals surface area contributed by atoms with Gasteiger partial charge in [0, 0.05) is 45.6 Å². The standard InChI is InChI=1S/C50H72O2S2/c1-3-5-7-9-11-13-15-17-19-21-39-51-41-37-47-33-35-49(53-47)45-29-25-43(26-30-45)23-24-44-27-31-46(32-28-44)50-36-34-48(54-50)38-42-52-40-22-20-18-16-14-12-10-8-6-4-2/h23-36H,3-22,37-42H2,1-2H3. The van der Waals surface area contributed by atoms with Crippen molar-refractivity contribution in [2.75, 3.05) is 26.4 Å². The molecule has 0 spiro atoms. The third-order valence-corrected chi connectivity index (χ3v) is 12.8. The minimum Gasteiger partial charge on any atom is -0.381 e. The van der Waals surface area contributed by atoms with Gasteiger partial charge in [-0.25, -0.2) is 0 Å². The minimum atomic E-state index is 0.825. The Morgan fingerprint density at radius 3 is 1.06 bits per heavy atom. The number of rotatable bonds is 32. The predicted molar refractivity (Wildman–Crippen MR) is 241 cm³/mol. The van der Waals surface area contributed by atoms with Crippen molar-refractivity contribution in [1.29, 1.82) is 0 Å². The monoisotopic (exact) mass is 768 g/mol. The zero-order valence-corrected chi connectivity index (χ0v) is 35.7. The van der Waals surface area contributed by atoms with E-state index in [1.807, 2.05) is 22.7 Å². The Hall–Kier alpha value is -2.50. The maximum Gasteiger partial charge on any atom is 0.0514 e. The third-order valence-electron chi connectivity index (χ3n) is 10.5. The number of unbranched alkanes of at least 4 members (excludes halogenated alkanes) is 18. The summed E-state index contributed by atoms with van der Waals surface area (Å²) < 4.78 is 11.9. The average molecular weight is 769 g/mol. The Balaban J connectivity index is 1.06. The Morgan fingerprint density at radius 2 is 0.704 bits per heavy atom. The zero-order chi connectivity index (χ0) is 37.7. The molecule has 0 amide bonds. The van der Waals surface area contributed by atoms with Crippen LogP contribution < -0.4 is 0 Å². The average Bonchev–Trinajstić information content (AvgIpc) is 3.88. The first-order valence-corrected chi connectivity index (χ1v) is 23.6. The molecule has 4 aromatic rings. The molecule has 0 saturated carbocycles. The van der Waals surface area contributed by atoms with E-state index in [1.54, 1.807) is 0 Å². The van der Waals surface area contributed by atoms with Crippen LogP contribution in [0.4, 0.5) is 0 Å². The Kier molecular flexibility index (Phi) is 23.6. The second kappa shape index (κ2) is 28.8. The van der Waals surface area contributed by atoms with Crippen molar-refractivity contribution in [2.45, 2.75) is 155 Å². The van der Waals surface area contributed by atoms with Crippen LogP contribution in [0.3, 0.4) is 0 Å². The number of ether oxygens (including phenoxy) is 2. The molecule has 2 nitrogen and oxygen atoms in total. The number of hydrogen-bond donors (Lipinski definition) is 0. The van der Waals surface area contributed by atoms with Crippen LogP contribution in [-0.4, -0.2) is 26.4 Å². The van der Waals surface area contributed by atoms with Crippen molar-refractivity contribution in [3.8, 4) is 20.9 Å². The lowest BCUT2D eigenvalue weighted by Gasteiger charge is -2.04. The maximum absolute atomic E-state index is 5.97. The van der Waals surface area contributed by atoms with Crippen molar-refractivity contribution < 1.29 is 9.47 Å². The Morgan fingerprint density at radius 1 is 0.370 bits per heavy atom. The van der Waals surface area contributed by atoms with Gasteiger partial charge < -0.3 is 9.47 Å². The fraction of sp³-hybridized carbons (Fsp3) is 0.560. The van der Waals surface area contributed by atoms with Gasteiger partial charge in [0.25, 0.3) is 0 Å². The van der Waals surface area contributed by atoms with Crippen LogP contribution in [0.25, 0.3) is 33.0 Å². The molecule has 0 unspecified atom stereocenters. The normalized spacial score (nSPS) is 11.7. The molecule has 0 aliphatic rings. The second-order valence-corrected chi connectivity index (χ2v) is 17.5. The highest BCUT2D eigenvalue weighted by Crippen LogP contribution is 2.30. The molecule has 2 aromatic heterocycles. The van der Waals surface area contributed by atoms with Gasteiger partial charge in [0.1, 0.15) is 0 Å². The molecule has 0 aliphatic heterocycles. The lowest BCUT2D eigenvalue weighted by atomic mass is 10.1. The first-order valence-electron chi connectivity index (χ1n) is 22.0. The van der Waals surface area contributed by atoms with Crippen molar-refractivity contribution >= 4 is 34.8 Å². The molecule has 296 valence electrons. The van der Waals surface area contributed by atoms with E-state index in [-0.39, 0.29) is 0 Å². The van der Waals surface area contributed by atoms with Gasteiger partial charge in [-0.2, -0.15) is 0 Å². The van der Waals surface area contributed by atoms with E-state index in [0.29, 0.717) is 0 Å². The van der Waals surface area contributed by atoms with Crippen molar-refractivity contribution in [2.24, 2.45) is 0 Å². The van der Waals surface area contributed by atoms with Crippen molar-refractivity contribution in [3.05, 3.63) is 93.7 Å². The molecule has 4 rings (SSSR count). The SMILES string of the molecule is CCCCCCCCCCCCOCCc1ccc(-c2ccc(C=Cc3ccc(-c4ccc(CCOCCCCCCCCCCCC)s4)cc3)cc2)s1. The van der Waals surface area contributed by atoms with Gasteiger partial charge in [-0.15, -0.1) is 22.7 Å². The fourth-order valence-corrected chi connectivity index (χ4v) is 8.96. The summed E-state index contributed by atoms with van der Waals surface area (Å²) in [6.07, 6.45) is 33.8. The number of benzene rings is 2. The maximum atomic E-state index is 5.97. The lowest BCUT2D eigenvalue weighted by Crippen LogP contribution is -1.99. The van der Waals surface area contributed by atoms with Crippen LogP contribution >= 0.6 is 22.7 Å². The molecule has 2 heterocycles. The largest absolute Gasteiger partial charge is 0.381 e. The van der Waals surface area contributed by atoms with Crippen LogP contribution in [-0.2, 0) is 22.3 Å². The van der Waals surface area contributed by atoms with E-state index in [1.165, 1.54) is 170 Å². The van der Waals surface area contributed by atoms with Gasteiger partial charge in [0.15, 0.2) is 0 Å². The van der Waals surface area contributed by atoms with E-state index in [0.717, 1.165) is 39.3 Å². The fourth-order valence-electron chi connectivity index (χ4n) is 6.98. The summed E-state index contributed by atoms with van der Waals surface area (Å²) in [4.78, 5) is 5.48. The van der Waals surface area contributed by atoms with E-state index < -0.39 is 0 Å². The summed E-state index contributed by atoms with van der Waals surface area (Å²) in [5.41, 5.74) is 5.02. The molecule has 0 bridgehead atoms. The molecule has 0 radical (unpaired) electrons. The van der Waals surface area contributed by atoms with Crippen molar-refractivity contribution in [1.82, 2.24) is 0 Å². The lowest BCUT2D eigenvalue weighted by molar-refractivity contribution is 0.133. The highest BCUT2D eigenvalue weighted by atomic mass is 32.1. The summed E-state index contributed by atoms with van der Waals surface area (Å²) >= 11 is 3.79. The van der Waals surface area contributed by atoms with Crippen LogP contribution in [0, 0.1) is 0 Å². The summed E-state index contributed by atoms with van der Waals surface area (Å²) in [5, 5.41) is 0. The van der Waals surface area contributed by atoms with Gasteiger partial charge in [-0.1, -0.05) is 190 Å². The molecule has 0 fully saturated rings. The summed E-state index contributed by atoms with van der Waals surface area (Å²) in [6, 6.07) is 27.0. The summed E-state index contributed by atoms with van der Waals surface area (Å²) in [5.74, 6) is 0. The molecule has 0 N–H and O–H groups in total. The van der Waals surface area contributed by atoms with E-state index in [2.05, 4.69) is 98.8 Å². The molecule has 54 heavy (non-hydrogen) atoms. The van der Waals surface area contributed by atoms with Gasteiger partial charge in [0.2, 0.25) is 0 Å². The van der Waals surface area contributed by atoms with Gasteiger partial charge >= 0.3 is 0 Å². The quantitative estimate of drug-likeness (QED) is 0.0364. The highest BCUT2D eigenvalue weighted by Gasteiger charge is 2.06. The van der Waals surface area contributed by atoms with Gasteiger partial charge in [-0.3, -0.25) is 0 Å².